The molecule has 29 heavy (non-hydrogen) atoms. The van der Waals surface area contributed by atoms with Crippen molar-refractivity contribution in [2.45, 2.75) is 26.2 Å². The van der Waals surface area contributed by atoms with Gasteiger partial charge in [0, 0.05) is 26.9 Å². The molecule has 0 radical (unpaired) electrons. The van der Waals surface area contributed by atoms with E-state index in [1.807, 2.05) is 30.3 Å². The van der Waals surface area contributed by atoms with Gasteiger partial charge in [-0.05, 0) is 66.9 Å². The Morgan fingerprint density at radius 1 is 0.828 bits per heavy atom. The molecule has 6 heteroatoms. The molecule has 3 aromatic carbocycles. The summed E-state index contributed by atoms with van der Waals surface area (Å²) >= 11 is 6.32. The lowest BCUT2D eigenvalue weighted by molar-refractivity contribution is 0.583. The van der Waals surface area contributed by atoms with Gasteiger partial charge in [0.1, 0.15) is 5.82 Å². The number of hydrogen-bond donors (Lipinski definition) is 0. The molecule has 0 fully saturated rings. The SMILES string of the molecule is C[Si]1(C)O[Si](C)(C)c2cc3c(-c4ccccc4F)c4cc(Cl)ccc4nc3cc21. The first-order valence-electron chi connectivity index (χ1n) is 9.70. The van der Waals surface area contributed by atoms with Gasteiger partial charge in [-0.2, -0.15) is 0 Å². The number of pyridine rings is 1. The minimum absolute atomic E-state index is 0.246. The monoisotopic (exact) mass is 437 g/mol. The molecule has 0 unspecified atom stereocenters. The molecule has 0 N–H and O–H groups in total. The Balaban J connectivity index is 1.99. The Bertz CT molecular complexity index is 1320. The summed E-state index contributed by atoms with van der Waals surface area (Å²) in [5, 5.41) is 5.07. The van der Waals surface area contributed by atoms with Crippen molar-refractivity contribution < 1.29 is 8.51 Å². The lowest BCUT2D eigenvalue weighted by atomic mass is 9.96. The fraction of sp³-hybridized carbons (Fsp3) is 0.174. The Labute approximate surface area is 176 Å². The van der Waals surface area contributed by atoms with E-state index in [1.165, 1.54) is 16.4 Å². The highest BCUT2D eigenvalue weighted by Crippen LogP contribution is 2.37. The summed E-state index contributed by atoms with van der Waals surface area (Å²) in [6.45, 7) is 8.98. The van der Waals surface area contributed by atoms with Gasteiger partial charge in [0.15, 0.2) is 0 Å². The van der Waals surface area contributed by atoms with Crippen molar-refractivity contribution in [1.29, 1.82) is 0 Å². The van der Waals surface area contributed by atoms with Crippen LogP contribution in [0.3, 0.4) is 0 Å². The standard InChI is InChI=1S/C23H21ClFNOSi2/c1-28(2)21-12-17-20(13-22(21)29(3,4)27-28)26-19-10-9-14(24)11-16(19)23(17)15-7-5-6-8-18(15)25/h5-13H,1-4H3. The summed E-state index contributed by atoms with van der Waals surface area (Å²) in [5.74, 6) is -0.246. The molecule has 0 saturated heterocycles. The normalized spacial score (nSPS) is 17.0. The summed E-state index contributed by atoms with van der Waals surface area (Å²) in [6, 6.07) is 16.9. The van der Waals surface area contributed by atoms with Gasteiger partial charge in [-0.15, -0.1) is 0 Å². The molecule has 2 nitrogen and oxygen atoms in total. The van der Waals surface area contributed by atoms with E-state index in [9.17, 15) is 4.39 Å². The number of aromatic nitrogens is 1. The smallest absolute Gasteiger partial charge is 0.206 e. The average Bonchev–Trinajstić information content (AvgIpc) is 2.83. The maximum absolute atomic E-state index is 14.9. The summed E-state index contributed by atoms with van der Waals surface area (Å²) in [7, 11) is -3.99. The first-order valence-corrected chi connectivity index (χ1v) is 15.9. The first kappa shape index (κ1) is 18.9. The Morgan fingerprint density at radius 2 is 1.48 bits per heavy atom. The predicted octanol–water partition coefficient (Wildman–Crippen LogP) is 5.70. The highest BCUT2D eigenvalue weighted by atomic mass is 35.5. The molecule has 0 amide bonds. The number of benzene rings is 3. The van der Waals surface area contributed by atoms with E-state index in [4.69, 9.17) is 20.7 Å². The van der Waals surface area contributed by atoms with Crippen LogP contribution in [0.15, 0.2) is 54.6 Å². The molecule has 1 aliphatic heterocycles. The van der Waals surface area contributed by atoms with Crippen molar-refractivity contribution in [3.05, 3.63) is 65.4 Å². The average molecular weight is 438 g/mol. The zero-order chi connectivity index (χ0) is 20.6. The molecule has 0 spiro atoms. The van der Waals surface area contributed by atoms with E-state index in [2.05, 4.69) is 38.3 Å². The number of halogens is 2. The third-order valence-electron chi connectivity index (χ3n) is 5.82. The van der Waals surface area contributed by atoms with Crippen LogP contribution in [-0.4, -0.2) is 21.6 Å². The van der Waals surface area contributed by atoms with Crippen LogP contribution in [0.1, 0.15) is 0 Å². The van der Waals surface area contributed by atoms with Gasteiger partial charge in [0.2, 0.25) is 16.6 Å². The molecule has 0 saturated carbocycles. The van der Waals surface area contributed by atoms with Crippen molar-refractivity contribution in [3.8, 4) is 11.1 Å². The van der Waals surface area contributed by atoms with Gasteiger partial charge in [-0.3, -0.25) is 0 Å². The third-order valence-corrected chi connectivity index (χ3v) is 13.8. The van der Waals surface area contributed by atoms with E-state index in [0.717, 1.165) is 27.4 Å². The number of fused-ring (bicyclic) bond motifs is 3. The molecule has 1 aliphatic rings. The van der Waals surface area contributed by atoms with E-state index in [1.54, 1.807) is 6.07 Å². The van der Waals surface area contributed by atoms with Gasteiger partial charge in [0.05, 0.1) is 11.0 Å². The lowest BCUT2D eigenvalue weighted by Crippen LogP contribution is -2.44. The minimum atomic E-state index is -2.02. The second-order valence-electron chi connectivity index (χ2n) is 8.67. The van der Waals surface area contributed by atoms with Crippen molar-refractivity contribution in [3.63, 3.8) is 0 Å². The Kier molecular flexibility index (Phi) is 4.06. The zero-order valence-electron chi connectivity index (χ0n) is 16.8. The Hall–Kier alpha value is -2.06. The maximum Gasteiger partial charge on any atom is 0.206 e. The summed E-state index contributed by atoms with van der Waals surface area (Å²) in [4.78, 5) is 4.93. The van der Waals surface area contributed by atoms with Crippen LogP contribution in [0, 0.1) is 5.82 Å². The van der Waals surface area contributed by atoms with Gasteiger partial charge < -0.3 is 4.12 Å². The minimum Gasteiger partial charge on any atom is -0.449 e. The second-order valence-corrected chi connectivity index (χ2v) is 17.0. The number of nitrogens with zero attached hydrogens (tertiary/aromatic N) is 1. The largest absolute Gasteiger partial charge is 0.449 e. The van der Waals surface area contributed by atoms with Gasteiger partial charge in [-0.1, -0.05) is 35.9 Å². The van der Waals surface area contributed by atoms with Gasteiger partial charge >= 0.3 is 0 Å². The molecule has 4 aromatic rings. The van der Waals surface area contributed by atoms with Crippen LogP contribution in [0.5, 0.6) is 0 Å². The van der Waals surface area contributed by atoms with E-state index in [0.29, 0.717) is 10.6 Å². The van der Waals surface area contributed by atoms with Gasteiger partial charge in [0.25, 0.3) is 0 Å². The zero-order valence-corrected chi connectivity index (χ0v) is 19.6. The fourth-order valence-electron chi connectivity index (χ4n) is 4.66. The summed E-state index contributed by atoms with van der Waals surface area (Å²) in [6.07, 6.45) is 0. The number of hydrogen-bond acceptors (Lipinski definition) is 2. The molecule has 146 valence electrons. The van der Waals surface area contributed by atoms with Crippen LogP contribution in [-0.2, 0) is 4.12 Å². The molecular weight excluding hydrogens is 417 g/mol. The summed E-state index contributed by atoms with van der Waals surface area (Å²) in [5.41, 5.74) is 3.12. The molecule has 1 aromatic heterocycles. The van der Waals surface area contributed by atoms with Crippen LogP contribution >= 0.6 is 11.6 Å². The first-order chi connectivity index (χ1) is 13.7. The maximum atomic E-state index is 14.9. The van der Waals surface area contributed by atoms with E-state index < -0.39 is 16.6 Å². The summed E-state index contributed by atoms with van der Waals surface area (Å²) < 4.78 is 21.5. The van der Waals surface area contributed by atoms with Crippen LogP contribution in [0.4, 0.5) is 4.39 Å². The van der Waals surface area contributed by atoms with Crippen molar-refractivity contribution >= 4 is 60.4 Å². The molecule has 5 rings (SSSR count). The Morgan fingerprint density at radius 3 is 2.21 bits per heavy atom. The van der Waals surface area contributed by atoms with Crippen molar-refractivity contribution in [2.24, 2.45) is 0 Å². The fourth-order valence-corrected chi connectivity index (χ4v) is 15.0. The van der Waals surface area contributed by atoms with E-state index >= 15 is 0 Å². The molecule has 0 aliphatic carbocycles. The quantitative estimate of drug-likeness (QED) is 0.281. The highest BCUT2D eigenvalue weighted by Gasteiger charge is 2.46. The molecule has 0 atom stereocenters. The van der Waals surface area contributed by atoms with Crippen molar-refractivity contribution in [2.75, 3.05) is 0 Å². The van der Waals surface area contributed by atoms with Crippen LogP contribution < -0.4 is 10.4 Å². The molecule has 2 heterocycles. The molecule has 0 bridgehead atoms. The van der Waals surface area contributed by atoms with Crippen LogP contribution in [0.2, 0.25) is 31.2 Å². The second kappa shape index (κ2) is 6.22. The lowest BCUT2D eigenvalue weighted by Gasteiger charge is -2.22. The van der Waals surface area contributed by atoms with Gasteiger partial charge in [-0.25, -0.2) is 9.37 Å². The highest BCUT2D eigenvalue weighted by molar-refractivity contribution is 7.06. The topological polar surface area (TPSA) is 22.1 Å². The van der Waals surface area contributed by atoms with E-state index in [-0.39, 0.29) is 5.82 Å². The van der Waals surface area contributed by atoms with Crippen LogP contribution in [0.25, 0.3) is 32.9 Å². The predicted molar refractivity (Wildman–Crippen MR) is 125 cm³/mol. The van der Waals surface area contributed by atoms with Crippen molar-refractivity contribution in [1.82, 2.24) is 4.98 Å². The molecular formula is C23H21ClFNOSi2. The number of rotatable bonds is 1. The third kappa shape index (κ3) is 2.87.